The summed E-state index contributed by atoms with van der Waals surface area (Å²) >= 11 is 0. The molecule has 3 N–H and O–H groups in total. The number of hydrogen-bond donors (Lipinski definition) is 2. The van der Waals surface area contributed by atoms with Crippen LogP contribution in [0.5, 0.6) is 0 Å². The number of anilines is 1. The Bertz CT molecular complexity index is 546. The van der Waals surface area contributed by atoms with Crippen molar-refractivity contribution in [1.29, 1.82) is 0 Å². The average Bonchev–Trinajstić information content (AvgIpc) is 2.31. The number of nitrogens with zero attached hydrogens (tertiary/aromatic N) is 2. The first kappa shape index (κ1) is 10.5. The van der Waals surface area contributed by atoms with E-state index in [2.05, 4.69) is 27.6 Å². The van der Waals surface area contributed by atoms with E-state index in [9.17, 15) is 0 Å². The largest absolute Gasteiger partial charge is 0.365 e. The number of nitrogens with two attached hydrogens (primary N) is 1. The van der Waals surface area contributed by atoms with Crippen LogP contribution in [0.25, 0.3) is 10.8 Å². The van der Waals surface area contributed by atoms with Crippen molar-refractivity contribution in [2.75, 3.05) is 5.32 Å². The van der Waals surface area contributed by atoms with Crippen LogP contribution in [-0.2, 0) is 0 Å². The summed E-state index contributed by atoms with van der Waals surface area (Å²) in [5.41, 5.74) is 6.75. The van der Waals surface area contributed by atoms with Gasteiger partial charge in [0.15, 0.2) is 5.82 Å². The predicted molar refractivity (Wildman–Crippen MR) is 68.9 cm³/mol. The molecule has 4 nitrogen and oxygen atoms in total. The molecule has 1 aliphatic rings. The topological polar surface area (TPSA) is 63.8 Å². The first-order valence-corrected chi connectivity index (χ1v) is 5.98. The van der Waals surface area contributed by atoms with Crippen LogP contribution in [-0.4, -0.2) is 22.3 Å². The van der Waals surface area contributed by atoms with E-state index in [0.29, 0.717) is 12.1 Å². The molecule has 0 radical (unpaired) electrons. The summed E-state index contributed by atoms with van der Waals surface area (Å²) in [6, 6.07) is 9.01. The van der Waals surface area contributed by atoms with Gasteiger partial charge in [-0.3, -0.25) is 0 Å². The molecule has 4 heteroatoms. The van der Waals surface area contributed by atoms with Gasteiger partial charge in [0.2, 0.25) is 0 Å². The van der Waals surface area contributed by atoms with E-state index in [0.717, 1.165) is 35.1 Å². The molecule has 1 saturated carbocycles. The summed E-state index contributed by atoms with van der Waals surface area (Å²) < 4.78 is 0. The predicted octanol–water partition coefficient (Wildman–Crippen LogP) is 1.84. The second kappa shape index (κ2) is 3.96. The third-order valence-electron chi connectivity index (χ3n) is 3.39. The number of aryl methyl sites for hydroxylation is 1. The number of aromatic nitrogens is 2. The second-order valence-corrected chi connectivity index (χ2v) is 4.75. The molecule has 0 atom stereocenters. The summed E-state index contributed by atoms with van der Waals surface area (Å²) in [7, 11) is 0. The van der Waals surface area contributed by atoms with E-state index in [1.807, 2.05) is 19.1 Å². The lowest BCUT2D eigenvalue weighted by molar-refractivity contribution is 0.373. The van der Waals surface area contributed by atoms with Gasteiger partial charge in [-0.2, -0.15) is 5.10 Å². The number of nitrogens with one attached hydrogen (secondary N) is 1. The molecular formula is C13H16N4. The van der Waals surface area contributed by atoms with E-state index >= 15 is 0 Å². The molecule has 1 fully saturated rings. The number of benzene rings is 1. The summed E-state index contributed by atoms with van der Waals surface area (Å²) in [6.45, 7) is 1.98. The van der Waals surface area contributed by atoms with Gasteiger partial charge in [0.1, 0.15) is 0 Å². The highest BCUT2D eigenvalue weighted by atomic mass is 15.2. The molecule has 0 spiro atoms. The second-order valence-electron chi connectivity index (χ2n) is 4.75. The lowest BCUT2D eigenvalue weighted by Crippen LogP contribution is -2.44. The van der Waals surface area contributed by atoms with Crippen LogP contribution < -0.4 is 11.1 Å². The molecule has 88 valence electrons. The minimum Gasteiger partial charge on any atom is -0.365 e. The highest BCUT2D eigenvalue weighted by molar-refractivity contribution is 5.92. The Morgan fingerprint density at radius 3 is 2.59 bits per heavy atom. The maximum absolute atomic E-state index is 5.78. The molecule has 0 unspecified atom stereocenters. The first-order chi connectivity index (χ1) is 8.24. The van der Waals surface area contributed by atoms with Crippen LogP contribution in [0, 0.1) is 6.92 Å². The lowest BCUT2D eigenvalue weighted by atomic mass is 9.87. The maximum atomic E-state index is 5.78. The monoisotopic (exact) mass is 228 g/mol. The number of hydrogen-bond acceptors (Lipinski definition) is 4. The van der Waals surface area contributed by atoms with Gasteiger partial charge in [-0.25, -0.2) is 0 Å². The van der Waals surface area contributed by atoms with Crippen LogP contribution in [0.3, 0.4) is 0 Å². The van der Waals surface area contributed by atoms with Crippen molar-refractivity contribution >= 4 is 16.6 Å². The molecule has 0 saturated heterocycles. The Kier molecular flexibility index (Phi) is 2.44. The summed E-state index contributed by atoms with van der Waals surface area (Å²) in [4.78, 5) is 0. The quantitative estimate of drug-likeness (QED) is 0.823. The fourth-order valence-electron chi connectivity index (χ4n) is 2.32. The van der Waals surface area contributed by atoms with Crippen LogP contribution in [0.1, 0.15) is 18.5 Å². The average molecular weight is 228 g/mol. The van der Waals surface area contributed by atoms with Crippen LogP contribution in [0.4, 0.5) is 5.82 Å². The SMILES string of the molecule is Cc1nnc(NC2CC(N)C2)c2ccccc12. The Morgan fingerprint density at radius 1 is 1.18 bits per heavy atom. The lowest BCUT2D eigenvalue weighted by Gasteiger charge is -2.33. The van der Waals surface area contributed by atoms with Gasteiger partial charge in [-0.05, 0) is 19.8 Å². The smallest absolute Gasteiger partial charge is 0.156 e. The number of rotatable bonds is 2. The van der Waals surface area contributed by atoms with E-state index in [4.69, 9.17) is 5.73 Å². The third kappa shape index (κ3) is 1.85. The standard InChI is InChI=1S/C13H16N4/c1-8-11-4-2-3-5-12(11)13(17-16-8)15-10-6-9(14)7-10/h2-5,9-10H,6-7,14H2,1H3,(H,15,17). The van der Waals surface area contributed by atoms with Gasteiger partial charge >= 0.3 is 0 Å². The molecule has 1 aliphatic carbocycles. The molecule has 1 aromatic heterocycles. The molecule has 17 heavy (non-hydrogen) atoms. The van der Waals surface area contributed by atoms with Crippen molar-refractivity contribution < 1.29 is 0 Å². The fourth-order valence-corrected chi connectivity index (χ4v) is 2.32. The molecule has 0 amide bonds. The highest BCUT2D eigenvalue weighted by Crippen LogP contribution is 2.27. The minimum atomic E-state index is 0.345. The van der Waals surface area contributed by atoms with Crippen molar-refractivity contribution in [3.63, 3.8) is 0 Å². The van der Waals surface area contributed by atoms with Gasteiger partial charge in [0.25, 0.3) is 0 Å². The zero-order chi connectivity index (χ0) is 11.8. The van der Waals surface area contributed by atoms with Crippen molar-refractivity contribution in [3.05, 3.63) is 30.0 Å². The Morgan fingerprint density at radius 2 is 1.88 bits per heavy atom. The molecule has 1 heterocycles. The van der Waals surface area contributed by atoms with E-state index < -0.39 is 0 Å². The number of fused-ring (bicyclic) bond motifs is 1. The van der Waals surface area contributed by atoms with Gasteiger partial charge in [0.05, 0.1) is 5.69 Å². The van der Waals surface area contributed by atoms with Crippen LogP contribution in [0.2, 0.25) is 0 Å². The van der Waals surface area contributed by atoms with Crippen molar-refractivity contribution in [3.8, 4) is 0 Å². The van der Waals surface area contributed by atoms with Gasteiger partial charge in [-0.1, -0.05) is 24.3 Å². The van der Waals surface area contributed by atoms with Gasteiger partial charge in [0, 0.05) is 22.9 Å². The Hall–Kier alpha value is -1.68. The maximum Gasteiger partial charge on any atom is 0.156 e. The van der Waals surface area contributed by atoms with Crippen molar-refractivity contribution in [1.82, 2.24) is 10.2 Å². The Balaban J connectivity index is 1.96. The summed E-state index contributed by atoms with van der Waals surface area (Å²) in [6.07, 6.45) is 2.04. The Labute approximate surface area is 100 Å². The first-order valence-electron chi connectivity index (χ1n) is 5.98. The van der Waals surface area contributed by atoms with E-state index in [1.54, 1.807) is 0 Å². The van der Waals surface area contributed by atoms with Crippen molar-refractivity contribution in [2.45, 2.75) is 31.8 Å². The fraction of sp³-hybridized carbons (Fsp3) is 0.385. The summed E-state index contributed by atoms with van der Waals surface area (Å²) in [5, 5.41) is 14.2. The highest BCUT2D eigenvalue weighted by Gasteiger charge is 2.26. The molecule has 3 rings (SSSR count). The molecule has 0 bridgehead atoms. The van der Waals surface area contributed by atoms with Gasteiger partial charge < -0.3 is 11.1 Å². The zero-order valence-corrected chi connectivity index (χ0v) is 9.85. The summed E-state index contributed by atoms with van der Waals surface area (Å²) in [5.74, 6) is 0.878. The molecule has 2 aromatic rings. The van der Waals surface area contributed by atoms with Crippen LogP contribution >= 0.6 is 0 Å². The minimum absolute atomic E-state index is 0.345. The van der Waals surface area contributed by atoms with Gasteiger partial charge in [-0.15, -0.1) is 5.10 Å². The molecule has 1 aromatic carbocycles. The zero-order valence-electron chi connectivity index (χ0n) is 9.85. The normalized spacial score (nSPS) is 23.4. The van der Waals surface area contributed by atoms with E-state index in [-0.39, 0.29) is 0 Å². The van der Waals surface area contributed by atoms with E-state index in [1.165, 1.54) is 0 Å². The third-order valence-corrected chi connectivity index (χ3v) is 3.39. The van der Waals surface area contributed by atoms with Crippen LogP contribution in [0.15, 0.2) is 24.3 Å². The molecule has 0 aliphatic heterocycles. The van der Waals surface area contributed by atoms with Crippen molar-refractivity contribution in [2.24, 2.45) is 5.73 Å². The molecular weight excluding hydrogens is 212 g/mol.